The molecule has 1 amide bonds. The SMILES string of the molecule is CCCC[S+](C)[C@H](C(=O)N(C)C)[C@H](NS(=O)(=O)c1ccc(C)cc1)c1ccccc1. The summed E-state index contributed by atoms with van der Waals surface area (Å²) in [7, 11) is -0.651. The molecule has 5 nitrogen and oxygen atoms in total. The molecule has 1 unspecified atom stereocenters. The van der Waals surface area contributed by atoms with E-state index in [1.165, 1.54) is 0 Å². The molecule has 0 aliphatic rings. The molecule has 1 N–H and O–H groups in total. The largest absolute Gasteiger partial charge is 0.344 e. The molecule has 2 rings (SSSR count). The maximum absolute atomic E-state index is 13.2. The van der Waals surface area contributed by atoms with Gasteiger partial charge in [0.15, 0.2) is 0 Å². The number of aryl methyl sites for hydroxylation is 1. The summed E-state index contributed by atoms with van der Waals surface area (Å²) in [5, 5.41) is -0.478. The summed E-state index contributed by atoms with van der Waals surface area (Å²) in [6.07, 6.45) is 4.10. The molecule has 7 heteroatoms. The Labute approximate surface area is 184 Å². The maximum atomic E-state index is 13.2. The van der Waals surface area contributed by atoms with E-state index in [4.69, 9.17) is 0 Å². The summed E-state index contributed by atoms with van der Waals surface area (Å²) >= 11 is 0. The van der Waals surface area contributed by atoms with Gasteiger partial charge < -0.3 is 4.90 Å². The molecule has 3 atom stereocenters. The van der Waals surface area contributed by atoms with Gasteiger partial charge in [-0.25, -0.2) is 8.42 Å². The van der Waals surface area contributed by atoms with Crippen molar-refractivity contribution in [3.05, 3.63) is 65.7 Å². The molecular weight excluding hydrogens is 416 g/mol. The van der Waals surface area contributed by atoms with Crippen LogP contribution in [-0.2, 0) is 25.7 Å². The first-order chi connectivity index (χ1) is 14.2. The summed E-state index contributed by atoms with van der Waals surface area (Å²) < 4.78 is 29.3. The zero-order valence-corrected chi connectivity index (χ0v) is 20.1. The van der Waals surface area contributed by atoms with E-state index in [9.17, 15) is 13.2 Å². The Bertz CT molecular complexity index is 913. The van der Waals surface area contributed by atoms with Crippen LogP contribution < -0.4 is 4.72 Å². The number of carbonyl (C=O) groups is 1. The van der Waals surface area contributed by atoms with Gasteiger partial charge in [-0.05, 0) is 41.9 Å². The second-order valence-electron chi connectivity index (χ2n) is 7.72. The fraction of sp³-hybridized carbons (Fsp3) is 0.435. The first-order valence-corrected chi connectivity index (χ1v) is 13.5. The van der Waals surface area contributed by atoms with Crippen LogP contribution in [0.4, 0.5) is 0 Å². The standard InChI is InChI=1S/C23H33N2O3S2/c1-6-7-17-29(5)22(23(26)25(3)4)21(19-11-9-8-10-12-19)24-30(27,28)20-15-13-18(2)14-16-20/h8-16,21-22,24H,6-7,17H2,1-5H3/q+1/t21-,22+,29?/m1/s1. The number of unbranched alkanes of at least 4 members (excludes halogenated alkanes) is 1. The Hall–Kier alpha value is -1.83. The molecule has 0 radical (unpaired) electrons. The molecule has 0 aliphatic heterocycles. The monoisotopic (exact) mass is 449 g/mol. The van der Waals surface area contributed by atoms with Gasteiger partial charge in [-0.1, -0.05) is 61.4 Å². The van der Waals surface area contributed by atoms with Crippen LogP contribution in [0.5, 0.6) is 0 Å². The molecule has 0 spiro atoms. The molecule has 0 aromatic heterocycles. The van der Waals surface area contributed by atoms with Crippen molar-refractivity contribution in [3.63, 3.8) is 0 Å². The molecule has 0 saturated heterocycles. The predicted molar refractivity (Wildman–Crippen MR) is 126 cm³/mol. The first kappa shape index (κ1) is 24.4. The van der Waals surface area contributed by atoms with Crippen molar-refractivity contribution in [1.29, 1.82) is 0 Å². The Morgan fingerprint density at radius 1 is 1.07 bits per heavy atom. The van der Waals surface area contributed by atoms with Crippen LogP contribution in [0.15, 0.2) is 59.5 Å². The lowest BCUT2D eigenvalue weighted by atomic mass is 10.0. The van der Waals surface area contributed by atoms with Crippen LogP contribution >= 0.6 is 0 Å². The smallest absolute Gasteiger partial charge is 0.277 e. The lowest BCUT2D eigenvalue weighted by Crippen LogP contribution is -2.49. The van der Waals surface area contributed by atoms with E-state index in [0.29, 0.717) is 0 Å². The number of carbonyl (C=O) groups excluding carboxylic acids is 1. The highest BCUT2D eigenvalue weighted by atomic mass is 32.2. The lowest BCUT2D eigenvalue weighted by Gasteiger charge is -2.28. The van der Waals surface area contributed by atoms with E-state index >= 15 is 0 Å². The minimum atomic E-state index is -3.80. The highest BCUT2D eigenvalue weighted by Gasteiger charge is 2.44. The van der Waals surface area contributed by atoms with Gasteiger partial charge in [0, 0.05) is 14.1 Å². The van der Waals surface area contributed by atoms with Gasteiger partial charge in [-0.15, -0.1) is 0 Å². The Balaban J connectivity index is 2.51. The van der Waals surface area contributed by atoms with Gasteiger partial charge in [-0.2, -0.15) is 4.72 Å². The molecular formula is C23H33N2O3S2+. The molecule has 2 aromatic carbocycles. The van der Waals surface area contributed by atoms with Gasteiger partial charge in [0.25, 0.3) is 5.91 Å². The Kier molecular flexibility index (Phi) is 8.94. The van der Waals surface area contributed by atoms with Crippen LogP contribution in [0.1, 0.15) is 36.9 Å². The van der Waals surface area contributed by atoms with E-state index in [1.54, 1.807) is 43.3 Å². The van der Waals surface area contributed by atoms with Gasteiger partial charge >= 0.3 is 0 Å². The van der Waals surface area contributed by atoms with Crippen LogP contribution in [-0.4, -0.2) is 50.6 Å². The highest BCUT2D eigenvalue weighted by molar-refractivity contribution is 7.97. The summed E-state index contributed by atoms with van der Waals surface area (Å²) in [6, 6.07) is 15.5. The molecule has 164 valence electrons. The van der Waals surface area contributed by atoms with Crippen LogP contribution in [0.3, 0.4) is 0 Å². The quantitative estimate of drug-likeness (QED) is 0.565. The van der Waals surface area contributed by atoms with E-state index in [2.05, 4.69) is 17.9 Å². The van der Waals surface area contributed by atoms with Crippen molar-refractivity contribution in [1.82, 2.24) is 9.62 Å². The Morgan fingerprint density at radius 3 is 2.20 bits per heavy atom. The number of hydrogen-bond donors (Lipinski definition) is 1. The number of nitrogens with one attached hydrogen (secondary N) is 1. The summed E-state index contributed by atoms with van der Waals surface area (Å²) in [5.74, 6) is 0.827. The van der Waals surface area contributed by atoms with Crippen LogP contribution in [0, 0.1) is 6.92 Å². The number of benzene rings is 2. The zero-order chi connectivity index (χ0) is 22.3. The van der Waals surface area contributed by atoms with Crippen molar-refractivity contribution < 1.29 is 13.2 Å². The van der Waals surface area contributed by atoms with Gasteiger partial charge in [0.1, 0.15) is 11.8 Å². The fourth-order valence-electron chi connectivity index (χ4n) is 3.22. The maximum Gasteiger partial charge on any atom is 0.277 e. The van der Waals surface area contributed by atoms with Crippen molar-refractivity contribution in [3.8, 4) is 0 Å². The van der Waals surface area contributed by atoms with Crippen LogP contribution in [0.25, 0.3) is 0 Å². The molecule has 0 aliphatic carbocycles. The number of nitrogens with zero attached hydrogens (tertiary/aromatic N) is 1. The molecule has 0 heterocycles. The van der Waals surface area contributed by atoms with Crippen molar-refractivity contribution in [2.75, 3.05) is 26.1 Å². The normalized spacial score (nSPS) is 14.7. The topological polar surface area (TPSA) is 66.5 Å². The number of sulfonamides is 1. The predicted octanol–water partition coefficient (Wildman–Crippen LogP) is 3.52. The molecule has 0 saturated carbocycles. The second-order valence-corrected chi connectivity index (χ2v) is 11.7. The third-order valence-corrected chi connectivity index (χ3v) is 8.74. The Morgan fingerprint density at radius 2 is 1.67 bits per heavy atom. The van der Waals surface area contributed by atoms with Gasteiger partial charge in [0.05, 0.1) is 11.2 Å². The molecule has 30 heavy (non-hydrogen) atoms. The third-order valence-electron chi connectivity index (χ3n) is 5.01. The third kappa shape index (κ3) is 6.33. The minimum Gasteiger partial charge on any atom is -0.344 e. The number of amides is 1. The molecule has 0 bridgehead atoms. The lowest BCUT2D eigenvalue weighted by molar-refractivity contribution is -0.128. The fourth-order valence-corrected chi connectivity index (χ4v) is 6.78. The van der Waals surface area contributed by atoms with Gasteiger partial charge in [-0.3, -0.25) is 4.79 Å². The van der Waals surface area contributed by atoms with E-state index in [-0.39, 0.29) is 21.7 Å². The van der Waals surface area contributed by atoms with Gasteiger partial charge in [0.2, 0.25) is 15.3 Å². The average molecular weight is 450 g/mol. The summed E-state index contributed by atoms with van der Waals surface area (Å²) in [5.41, 5.74) is 1.79. The number of hydrogen-bond acceptors (Lipinski definition) is 3. The zero-order valence-electron chi connectivity index (χ0n) is 18.5. The van der Waals surface area contributed by atoms with Crippen LogP contribution in [0.2, 0.25) is 0 Å². The van der Waals surface area contributed by atoms with Crippen molar-refractivity contribution >= 4 is 26.8 Å². The van der Waals surface area contributed by atoms with E-state index in [1.807, 2.05) is 37.3 Å². The van der Waals surface area contributed by atoms with Crippen molar-refractivity contribution in [2.24, 2.45) is 0 Å². The van der Waals surface area contributed by atoms with Crippen molar-refractivity contribution in [2.45, 2.75) is 42.9 Å². The minimum absolute atomic E-state index is 0.0580. The highest BCUT2D eigenvalue weighted by Crippen LogP contribution is 2.28. The summed E-state index contributed by atoms with van der Waals surface area (Å²) in [4.78, 5) is 15.0. The molecule has 0 fully saturated rings. The van der Waals surface area contributed by atoms with E-state index < -0.39 is 21.3 Å². The summed E-state index contributed by atoms with van der Waals surface area (Å²) in [6.45, 7) is 4.04. The molecule has 2 aromatic rings. The second kappa shape index (κ2) is 11.0. The number of rotatable bonds is 10. The average Bonchev–Trinajstić information content (AvgIpc) is 2.72. The first-order valence-electron chi connectivity index (χ1n) is 10.1. The van der Waals surface area contributed by atoms with E-state index in [0.717, 1.165) is 29.7 Å².